The van der Waals surface area contributed by atoms with Crippen molar-refractivity contribution in [3.05, 3.63) is 65.9 Å². The third-order valence-corrected chi connectivity index (χ3v) is 3.76. The maximum absolute atomic E-state index is 12.6. The van der Waals surface area contributed by atoms with Crippen LogP contribution >= 0.6 is 0 Å². The number of aromatic nitrogens is 1. The summed E-state index contributed by atoms with van der Waals surface area (Å²) in [4.78, 5) is 25.1. The van der Waals surface area contributed by atoms with Crippen molar-refractivity contribution in [3.8, 4) is 5.75 Å². The van der Waals surface area contributed by atoms with Gasteiger partial charge in [-0.15, -0.1) is 0 Å². The number of ether oxygens (including phenoxy) is 1. The number of ketones is 2. The third kappa shape index (κ3) is 2.75. The second-order valence-corrected chi connectivity index (χ2v) is 5.29. The number of fused-ring (bicyclic) bond motifs is 1. The molecule has 0 spiro atoms. The summed E-state index contributed by atoms with van der Waals surface area (Å²) in [6, 6.07) is 14.2. The first kappa shape index (κ1) is 15.0. The van der Waals surface area contributed by atoms with Gasteiger partial charge in [0.05, 0.1) is 12.2 Å². The summed E-state index contributed by atoms with van der Waals surface area (Å²) < 4.78 is 7.34. The molecule has 0 fully saturated rings. The van der Waals surface area contributed by atoms with Crippen molar-refractivity contribution in [3.63, 3.8) is 0 Å². The Morgan fingerprint density at radius 3 is 2.48 bits per heavy atom. The normalized spacial score (nSPS) is 10.7. The molecule has 23 heavy (non-hydrogen) atoms. The molecule has 0 unspecified atom stereocenters. The summed E-state index contributed by atoms with van der Waals surface area (Å²) in [5.41, 5.74) is 1.69. The minimum Gasteiger partial charge on any atom is -0.494 e. The molecule has 1 aromatic heterocycles. The zero-order valence-corrected chi connectivity index (χ0v) is 13.1. The minimum atomic E-state index is -0.504. The van der Waals surface area contributed by atoms with E-state index < -0.39 is 11.6 Å². The number of Topliss-reactive ketones (excluding diaryl/α,β-unsaturated/α-hetero) is 2. The lowest BCUT2D eigenvalue weighted by Gasteiger charge is -2.04. The minimum absolute atomic E-state index is 0.399. The summed E-state index contributed by atoms with van der Waals surface area (Å²) in [6.07, 6.45) is 1.70. The van der Waals surface area contributed by atoms with Gasteiger partial charge in [0.2, 0.25) is 11.6 Å². The zero-order chi connectivity index (χ0) is 16.4. The fraction of sp³-hybridized carbons (Fsp3) is 0.158. The van der Waals surface area contributed by atoms with E-state index in [1.54, 1.807) is 30.5 Å². The molecule has 4 heteroatoms. The molecule has 2 aromatic carbocycles. The van der Waals surface area contributed by atoms with Gasteiger partial charge in [-0.25, -0.2) is 0 Å². The molecule has 0 aliphatic carbocycles. The highest BCUT2D eigenvalue weighted by molar-refractivity contribution is 6.50. The van der Waals surface area contributed by atoms with E-state index in [0.29, 0.717) is 23.5 Å². The lowest BCUT2D eigenvalue weighted by atomic mass is 10.0. The van der Waals surface area contributed by atoms with Crippen molar-refractivity contribution in [2.24, 2.45) is 7.05 Å². The van der Waals surface area contributed by atoms with Crippen molar-refractivity contribution in [2.45, 2.75) is 6.92 Å². The molecule has 0 aliphatic heterocycles. The van der Waals surface area contributed by atoms with E-state index in [4.69, 9.17) is 4.74 Å². The van der Waals surface area contributed by atoms with Gasteiger partial charge in [0.1, 0.15) is 5.75 Å². The van der Waals surface area contributed by atoms with Gasteiger partial charge in [-0.3, -0.25) is 9.59 Å². The van der Waals surface area contributed by atoms with Crippen LogP contribution in [0.2, 0.25) is 0 Å². The molecule has 0 amide bonds. The van der Waals surface area contributed by atoms with Gasteiger partial charge in [-0.2, -0.15) is 0 Å². The average Bonchev–Trinajstić information content (AvgIpc) is 2.91. The fourth-order valence-electron chi connectivity index (χ4n) is 2.65. The number of rotatable bonds is 5. The highest BCUT2D eigenvalue weighted by atomic mass is 16.5. The van der Waals surface area contributed by atoms with E-state index in [9.17, 15) is 9.59 Å². The monoisotopic (exact) mass is 307 g/mol. The van der Waals surface area contributed by atoms with Crippen molar-refractivity contribution >= 4 is 22.5 Å². The van der Waals surface area contributed by atoms with Crippen LogP contribution < -0.4 is 4.74 Å². The van der Waals surface area contributed by atoms with Gasteiger partial charge in [0.25, 0.3) is 0 Å². The van der Waals surface area contributed by atoms with Crippen molar-refractivity contribution in [1.29, 1.82) is 0 Å². The Morgan fingerprint density at radius 2 is 1.78 bits per heavy atom. The van der Waals surface area contributed by atoms with Gasteiger partial charge >= 0.3 is 0 Å². The zero-order valence-electron chi connectivity index (χ0n) is 13.1. The van der Waals surface area contributed by atoms with Crippen LogP contribution in [0, 0.1) is 0 Å². The molecular formula is C19H17NO3. The third-order valence-electron chi connectivity index (χ3n) is 3.76. The van der Waals surface area contributed by atoms with Crippen molar-refractivity contribution in [1.82, 2.24) is 4.57 Å². The highest BCUT2D eigenvalue weighted by Gasteiger charge is 2.22. The van der Waals surface area contributed by atoms with Crippen LogP contribution in [0.15, 0.2) is 54.7 Å². The standard InChI is InChI=1S/C19H17NO3/c1-3-23-14-9-10-17-15(11-14)16(12-20(17)2)19(22)18(21)13-7-5-4-6-8-13/h4-12H,3H2,1-2H3. The van der Waals surface area contributed by atoms with E-state index >= 15 is 0 Å². The second kappa shape index (κ2) is 6.08. The number of hydrogen-bond acceptors (Lipinski definition) is 3. The summed E-state index contributed by atoms with van der Waals surface area (Å²) in [5, 5.41) is 0.729. The van der Waals surface area contributed by atoms with Crippen LogP contribution in [0.3, 0.4) is 0 Å². The molecule has 0 atom stereocenters. The fourth-order valence-corrected chi connectivity index (χ4v) is 2.65. The summed E-state index contributed by atoms with van der Waals surface area (Å²) >= 11 is 0. The Balaban J connectivity index is 2.06. The Morgan fingerprint density at radius 1 is 1.04 bits per heavy atom. The maximum atomic E-state index is 12.6. The van der Waals surface area contributed by atoms with Crippen LogP contribution in [0.25, 0.3) is 10.9 Å². The van der Waals surface area contributed by atoms with Crippen LogP contribution in [-0.2, 0) is 7.05 Å². The largest absolute Gasteiger partial charge is 0.494 e. The van der Waals surface area contributed by atoms with Crippen molar-refractivity contribution in [2.75, 3.05) is 6.61 Å². The van der Waals surface area contributed by atoms with E-state index in [2.05, 4.69) is 0 Å². The molecule has 0 aliphatic rings. The first-order valence-electron chi connectivity index (χ1n) is 7.47. The average molecular weight is 307 g/mol. The lowest BCUT2D eigenvalue weighted by molar-refractivity contribution is 0.0818. The summed E-state index contributed by atoms with van der Waals surface area (Å²) in [6.45, 7) is 2.45. The van der Waals surface area contributed by atoms with Crippen LogP contribution in [-0.4, -0.2) is 22.7 Å². The molecule has 0 radical (unpaired) electrons. The SMILES string of the molecule is CCOc1ccc2c(c1)c(C(=O)C(=O)c1ccccc1)cn2C. The Hall–Kier alpha value is -2.88. The number of carbonyl (C=O) groups is 2. The first-order chi connectivity index (χ1) is 11.1. The Kier molecular flexibility index (Phi) is 3.98. The molecule has 0 saturated carbocycles. The van der Waals surface area contributed by atoms with Gasteiger partial charge in [0, 0.05) is 29.7 Å². The van der Waals surface area contributed by atoms with Crippen LogP contribution in [0.5, 0.6) is 5.75 Å². The van der Waals surface area contributed by atoms with Crippen LogP contribution in [0.4, 0.5) is 0 Å². The summed E-state index contributed by atoms with van der Waals surface area (Å²) in [7, 11) is 1.85. The van der Waals surface area contributed by atoms with Gasteiger partial charge in [-0.1, -0.05) is 30.3 Å². The molecule has 0 bridgehead atoms. The van der Waals surface area contributed by atoms with E-state index in [0.717, 1.165) is 10.9 Å². The first-order valence-corrected chi connectivity index (χ1v) is 7.47. The van der Waals surface area contributed by atoms with E-state index in [1.807, 2.05) is 42.8 Å². The van der Waals surface area contributed by atoms with Crippen LogP contribution in [0.1, 0.15) is 27.6 Å². The molecule has 0 N–H and O–H groups in total. The summed E-state index contributed by atoms with van der Waals surface area (Å²) in [5.74, 6) is -0.317. The number of benzene rings is 2. The maximum Gasteiger partial charge on any atom is 0.235 e. The van der Waals surface area contributed by atoms with Gasteiger partial charge in [-0.05, 0) is 25.1 Å². The predicted octanol–water partition coefficient (Wildman–Crippen LogP) is 3.64. The Labute approximate surface area is 134 Å². The van der Waals surface area contributed by atoms with E-state index in [-0.39, 0.29) is 0 Å². The topological polar surface area (TPSA) is 48.3 Å². The van der Waals surface area contributed by atoms with Gasteiger partial charge < -0.3 is 9.30 Å². The predicted molar refractivity (Wildman–Crippen MR) is 89.2 cm³/mol. The molecule has 1 heterocycles. The number of nitrogens with zero attached hydrogens (tertiary/aromatic N) is 1. The number of carbonyl (C=O) groups excluding carboxylic acids is 2. The Bertz CT molecular complexity index is 878. The lowest BCUT2D eigenvalue weighted by Crippen LogP contribution is -2.14. The van der Waals surface area contributed by atoms with Crippen molar-refractivity contribution < 1.29 is 14.3 Å². The second-order valence-electron chi connectivity index (χ2n) is 5.29. The molecule has 116 valence electrons. The van der Waals surface area contributed by atoms with E-state index in [1.165, 1.54) is 0 Å². The molecule has 3 rings (SSSR count). The van der Waals surface area contributed by atoms with Gasteiger partial charge in [0.15, 0.2) is 0 Å². The molecule has 3 aromatic rings. The molecule has 0 saturated heterocycles. The molecule has 4 nitrogen and oxygen atoms in total. The molecular weight excluding hydrogens is 290 g/mol. The quantitative estimate of drug-likeness (QED) is 0.534. The number of aryl methyl sites for hydroxylation is 1. The number of hydrogen-bond donors (Lipinski definition) is 0. The highest BCUT2D eigenvalue weighted by Crippen LogP contribution is 2.26. The smallest absolute Gasteiger partial charge is 0.235 e.